The van der Waals surface area contributed by atoms with Crippen molar-refractivity contribution in [2.45, 2.75) is 12.8 Å². The summed E-state index contributed by atoms with van der Waals surface area (Å²) in [5.41, 5.74) is 7.34. The molecule has 0 aliphatic carbocycles. The highest BCUT2D eigenvalue weighted by Crippen LogP contribution is 2.05. The first-order chi connectivity index (χ1) is 8.37. The lowest BCUT2D eigenvalue weighted by Gasteiger charge is -2.05. The van der Waals surface area contributed by atoms with Crippen molar-refractivity contribution in [3.05, 3.63) is 29.8 Å². The molecule has 0 saturated carbocycles. The van der Waals surface area contributed by atoms with Crippen molar-refractivity contribution in [1.82, 2.24) is 5.32 Å². The highest BCUT2D eigenvalue weighted by atomic mass is 32.2. The Kier molecular flexibility index (Phi) is 5.15. The minimum absolute atomic E-state index is 0.0145. The van der Waals surface area contributed by atoms with E-state index in [9.17, 15) is 13.2 Å². The number of nitrogens with one attached hydrogen (secondary N) is 1. The van der Waals surface area contributed by atoms with Crippen molar-refractivity contribution < 1.29 is 13.2 Å². The predicted molar refractivity (Wildman–Crippen MR) is 71.9 cm³/mol. The van der Waals surface area contributed by atoms with Gasteiger partial charge in [0.25, 0.3) is 0 Å². The van der Waals surface area contributed by atoms with Crippen molar-refractivity contribution in [3.8, 4) is 0 Å². The topological polar surface area (TPSA) is 89.3 Å². The van der Waals surface area contributed by atoms with Crippen LogP contribution in [0.4, 0.5) is 5.69 Å². The van der Waals surface area contributed by atoms with Crippen LogP contribution in [0.1, 0.15) is 12.0 Å². The van der Waals surface area contributed by atoms with Crippen LogP contribution in [0.3, 0.4) is 0 Å². The predicted octanol–water partition coefficient (Wildman–Crippen LogP) is 0.362. The van der Waals surface area contributed by atoms with Gasteiger partial charge in [0.05, 0.1) is 5.75 Å². The van der Waals surface area contributed by atoms with Gasteiger partial charge in [0.1, 0.15) is 9.84 Å². The number of anilines is 1. The van der Waals surface area contributed by atoms with Gasteiger partial charge in [0.2, 0.25) is 5.91 Å². The third-order valence-electron chi connectivity index (χ3n) is 2.42. The maximum Gasteiger partial charge on any atom is 0.221 e. The molecule has 6 heteroatoms. The minimum atomic E-state index is -3.08. The van der Waals surface area contributed by atoms with Crippen LogP contribution in [0.2, 0.25) is 0 Å². The van der Waals surface area contributed by atoms with E-state index in [1.165, 1.54) is 0 Å². The molecule has 0 heterocycles. The first-order valence-electron chi connectivity index (χ1n) is 5.66. The SMILES string of the molecule is CS(=O)(=O)CCC(=O)NCCc1ccc(N)cc1. The molecule has 0 aromatic heterocycles. The molecule has 5 nitrogen and oxygen atoms in total. The van der Waals surface area contributed by atoms with E-state index in [1.54, 1.807) is 12.1 Å². The Bertz CT molecular complexity index is 495. The van der Waals surface area contributed by atoms with E-state index in [1.807, 2.05) is 12.1 Å². The van der Waals surface area contributed by atoms with Crippen LogP contribution in [-0.4, -0.2) is 32.9 Å². The fourth-order valence-electron chi connectivity index (χ4n) is 1.40. The molecule has 0 unspecified atom stereocenters. The van der Waals surface area contributed by atoms with Gasteiger partial charge < -0.3 is 11.1 Å². The zero-order chi connectivity index (χ0) is 13.6. The molecule has 0 spiro atoms. The van der Waals surface area contributed by atoms with Gasteiger partial charge in [0.15, 0.2) is 0 Å². The number of nitrogen functional groups attached to an aromatic ring is 1. The minimum Gasteiger partial charge on any atom is -0.399 e. The van der Waals surface area contributed by atoms with Crippen molar-refractivity contribution in [2.24, 2.45) is 0 Å². The van der Waals surface area contributed by atoms with Crippen LogP contribution in [-0.2, 0) is 21.1 Å². The number of hydrogen-bond acceptors (Lipinski definition) is 4. The van der Waals surface area contributed by atoms with Crippen molar-refractivity contribution >= 4 is 21.4 Å². The van der Waals surface area contributed by atoms with Crippen molar-refractivity contribution in [1.29, 1.82) is 0 Å². The van der Waals surface area contributed by atoms with Crippen LogP contribution < -0.4 is 11.1 Å². The Balaban J connectivity index is 2.25. The smallest absolute Gasteiger partial charge is 0.221 e. The molecular formula is C12H18N2O3S. The number of carbonyl (C=O) groups excluding carboxylic acids is 1. The summed E-state index contributed by atoms with van der Waals surface area (Å²) in [6, 6.07) is 7.41. The van der Waals surface area contributed by atoms with Crippen LogP contribution in [0.15, 0.2) is 24.3 Å². The second-order valence-corrected chi connectivity index (χ2v) is 6.48. The fourth-order valence-corrected chi connectivity index (χ4v) is 1.95. The molecule has 0 radical (unpaired) electrons. The number of benzene rings is 1. The van der Waals surface area contributed by atoms with Gasteiger partial charge in [-0.3, -0.25) is 4.79 Å². The standard InChI is InChI=1S/C12H18N2O3S/c1-18(16,17)9-7-12(15)14-8-6-10-2-4-11(13)5-3-10/h2-5H,6-9,13H2,1H3,(H,14,15). The Labute approximate surface area is 107 Å². The summed E-state index contributed by atoms with van der Waals surface area (Å²) >= 11 is 0. The fraction of sp³-hybridized carbons (Fsp3) is 0.417. The van der Waals surface area contributed by atoms with Crippen molar-refractivity contribution in [3.63, 3.8) is 0 Å². The van der Waals surface area contributed by atoms with Gasteiger partial charge in [-0.05, 0) is 24.1 Å². The van der Waals surface area contributed by atoms with Crippen molar-refractivity contribution in [2.75, 3.05) is 24.3 Å². The normalized spacial score (nSPS) is 11.2. The molecule has 0 atom stereocenters. The Hall–Kier alpha value is -1.56. The van der Waals surface area contributed by atoms with E-state index < -0.39 is 9.84 Å². The maximum atomic E-state index is 11.3. The summed E-state index contributed by atoms with van der Waals surface area (Å²) in [4.78, 5) is 11.3. The Morgan fingerprint density at radius 3 is 2.44 bits per heavy atom. The van der Waals surface area contributed by atoms with E-state index in [0.29, 0.717) is 18.7 Å². The van der Waals surface area contributed by atoms with Gasteiger partial charge in [-0.15, -0.1) is 0 Å². The molecule has 0 aliphatic heterocycles. The third-order valence-corrected chi connectivity index (χ3v) is 3.36. The van der Waals surface area contributed by atoms with Gasteiger partial charge >= 0.3 is 0 Å². The van der Waals surface area contributed by atoms with Crippen LogP contribution in [0.5, 0.6) is 0 Å². The number of nitrogens with two attached hydrogens (primary N) is 1. The van der Waals surface area contributed by atoms with Crippen LogP contribution in [0, 0.1) is 0 Å². The molecule has 0 saturated heterocycles. The zero-order valence-electron chi connectivity index (χ0n) is 10.3. The molecule has 0 aliphatic rings. The van der Waals surface area contributed by atoms with Gasteiger partial charge in [-0.25, -0.2) is 8.42 Å². The number of rotatable bonds is 6. The second kappa shape index (κ2) is 6.39. The third kappa shape index (κ3) is 6.24. The highest BCUT2D eigenvalue weighted by Gasteiger charge is 2.07. The molecule has 1 rings (SSSR count). The molecule has 100 valence electrons. The summed E-state index contributed by atoms with van der Waals surface area (Å²) in [5.74, 6) is -0.350. The molecule has 0 bridgehead atoms. The van der Waals surface area contributed by atoms with E-state index in [2.05, 4.69) is 5.32 Å². The number of hydrogen-bond donors (Lipinski definition) is 2. The number of sulfone groups is 1. The van der Waals surface area contributed by atoms with E-state index >= 15 is 0 Å². The Morgan fingerprint density at radius 1 is 1.28 bits per heavy atom. The lowest BCUT2D eigenvalue weighted by Crippen LogP contribution is -2.27. The van der Waals surface area contributed by atoms with E-state index in [4.69, 9.17) is 5.73 Å². The molecule has 0 fully saturated rings. The highest BCUT2D eigenvalue weighted by molar-refractivity contribution is 7.90. The summed E-state index contributed by atoms with van der Waals surface area (Å²) in [6.07, 6.45) is 1.83. The molecule has 1 aromatic carbocycles. The summed E-state index contributed by atoms with van der Waals surface area (Å²) in [5, 5.41) is 2.68. The Morgan fingerprint density at radius 2 is 1.89 bits per heavy atom. The molecule has 18 heavy (non-hydrogen) atoms. The lowest BCUT2D eigenvalue weighted by molar-refractivity contribution is -0.120. The van der Waals surface area contributed by atoms with Gasteiger partial charge in [0, 0.05) is 24.9 Å². The average Bonchev–Trinajstić information content (AvgIpc) is 2.28. The monoisotopic (exact) mass is 270 g/mol. The summed E-state index contributed by atoms with van der Waals surface area (Å²) < 4.78 is 21.7. The molecular weight excluding hydrogens is 252 g/mol. The summed E-state index contributed by atoms with van der Waals surface area (Å²) in [6.45, 7) is 0.493. The largest absolute Gasteiger partial charge is 0.399 e. The zero-order valence-corrected chi connectivity index (χ0v) is 11.2. The van der Waals surface area contributed by atoms with E-state index in [0.717, 1.165) is 11.8 Å². The average molecular weight is 270 g/mol. The maximum absolute atomic E-state index is 11.3. The first-order valence-corrected chi connectivity index (χ1v) is 7.72. The summed E-state index contributed by atoms with van der Waals surface area (Å²) in [7, 11) is -3.08. The van der Waals surface area contributed by atoms with Gasteiger partial charge in [-0.2, -0.15) is 0 Å². The second-order valence-electron chi connectivity index (χ2n) is 4.22. The van der Waals surface area contributed by atoms with Gasteiger partial charge in [-0.1, -0.05) is 12.1 Å². The lowest BCUT2D eigenvalue weighted by atomic mass is 10.1. The van der Waals surface area contributed by atoms with Crippen LogP contribution >= 0.6 is 0 Å². The number of carbonyl (C=O) groups is 1. The molecule has 1 aromatic rings. The molecule has 1 amide bonds. The first kappa shape index (κ1) is 14.5. The van der Waals surface area contributed by atoms with Crippen LogP contribution in [0.25, 0.3) is 0 Å². The molecule has 3 N–H and O–H groups in total. The van der Waals surface area contributed by atoms with E-state index in [-0.39, 0.29) is 18.1 Å². The number of amides is 1. The quantitative estimate of drug-likeness (QED) is 0.730.